The zero-order chi connectivity index (χ0) is 44.8. The van der Waals surface area contributed by atoms with Crippen LogP contribution >= 0.6 is 0 Å². The van der Waals surface area contributed by atoms with Crippen molar-refractivity contribution in [2.24, 2.45) is 7.05 Å². The lowest BCUT2D eigenvalue weighted by Crippen LogP contribution is -2.54. The second-order valence-electron chi connectivity index (χ2n) is 15.3. The van der Waals surface area contributed by atoms with Gasteiger partial charge < -0.3 is 24.9 Å². The smallest absolute Gasteiger partial charge is 0.263 e. The van der Waals surface area contributed by atoms with Gasteiger partial charge in [0.25, 0.3) is 17.7 Å². The number of benzene rings is 2. The molecule has 0 bridgehead atoms. The molecule has 2 aliphatic heterocycles. The number of piperidine rings is 1. The second kappa shape index (κ2) is 19.1. The number of aromatic nitrogens is 3. The molecule has 7 rings (SSSR count). The molecule has 1 saturated heterocycles. The van der Waals surface area contributed by atoms with Crippen LogP contribution in [0.2, 0.25) is 0 Å². The maximum atomic E-state index is 15.7. The molecule has 1 unspecified atom stereocenters. The Kier molecular flexibility index (Phi) is 13.2. The number of fused-ring (bicyclic) bond motifs is 2. The van der Waals surface area contributed by atoms with Crippen LogP contribution in [0.3, 0.4) is 0 Å². The standard InChI is InChI=1S/C46H44FN7O9/c1-27(56)37-23-34(43(59)50-35-21-28(26-55)20-33(42(35)47)30-24-49-52(2)25-30)38-22-31(16-18-53(37)38)63-19-7-5-3-4-6-13-39(57)48-17-9-11-29-10-8-12-32-41(29)46(62)54(45(32)61)36-14-15-40(58)51-44(36)60/h8,10,12,16,18,20-25,36,55H,3-7,13-15,17,19,26H2,1-2H3,(H,48,57)(H,50,59)(H,51,58,60). The molecule has 1 atom stereocenters. The minimum absolute atomic E-state index is 0.0183. The van der Waals surface area contributed by atoms with Crippen LogP contribution < -0.4 is 20.7 Å². The predicted octanol–water partition coefficient (Wildman–Crippen LogP) is 4.71. The van der Waals surface area contributed by atoms with Gasteiger partial charge in [0.2, 0.25) is 17.7 Å². The molecule has 63 heavy (non-hydrogen) atoms. The SMILES string of the molecule is CC(=O)c1cc(C(=O)Nc2cc(CO)cc(-c3cnn(C)c3)c2F)c2cc(OCCCCCCCC(=O)NCC#Cc3cccc4c3C(=O)N(C3CCC(=O)NC3=O)C4=O)ccn12. The molecule has 6 amide bonds. The lowest BCUT2D eigenvalue weighted by Gasteiger charge is -2.27. The number of halogens is 1. The van der Waals surface area contributed by atoms with Gasteiger partial charge in [-0.1, -0.05) is 37.2 Å². The first-order chi connectivity index (χ1) is 30.3. The van der Waals surface area contributed by atoms with Crippen molar-refractivity contribution in [2.75, 3.05) is 18.5 Å². The highest BCUT2D eigenvalue weighted by Gasteiger charge is 2.45. The zero-order valence-corrected chi connectivity index (χ0v) is 34.6. The summed E-state index contributed by atoms with van der Waals surface area (Å²) in [5.74, 6) is 1.94. The highest BCUT2D eigenvalue weighted by atomic mass is 19.1. The van der Waals surface area contributed by atoms with E-state index in [1.807, 2.05) is 0 Å². The number of nitrogens with one attached hydrogen (secondary N) is 3. The number of aryl methyl sites for hydroxylation is 1. The third kappa shape index (κ3) is 9.56. The molecule has 5 heterocycles. The Morgan fingerprint density at radius 2 is 1.79 bits per heavy atom. The largest absolute Gasteiger partial charge is 0.493 e. The number of unbranched alkanes of at least 4 members (excludes halogenated alkanes) is 4. The number of Topliss-reactive ketones (excluding diaryl/α,β-unsaturated/α-hetero) is 1. The Hall–Kier alpha value is -7.45. The topological polar surface area (TPSA) is 211 Å². The monoisotopic (exact) mass is 857 g/mol. The van der Waals surface area contributed by atoms with Gasteiger partial charge in [-0.15, -0.1) is 0 Å². The van der Waals surface area contributed by atoms with Crippen molar-refractivity contribution in [3.63, 3.8) is 0 Å². The Morgan fingerprint density at radius 1 is 1.00 bits per heavy atom. The molecule has 3 aromatic heterocycles. The van der Waals surface area contributed by atoms with Gasteiger partial charge in [-0.2, -0.15) is 5.10 Å². The number of nitrogens with zero attached hydrogens (tertiary/aromatic N) is 4. The van der Waals surface area contributed by atoms with Crippen LogP contribution in [-0.2, 0) is 28.0 Å². The minimum atomic E-state index is -1.08. The average molecular weight is 858 g/mol. The van der Waals surface area contributed by atoms with Gasteiger partial charge in [-0.05, 0) is 61.2 Å². The molecular formula is C46H44FN7O9. The summed E-state index contributed by atoms with van der Waals surface area (Å²) in [6, 6.07) is 11.2. The van der Waals surface area contributed by atoms with Gasteiger partial charge in [-0.25, -0.2) is 4.39 Å². The van der Waals surface area contributed by atoms with Crippen LogP contribution in [0.4, 0.5) is 10.1 Å². The molecular weight excluding hydrogens is 814 g/mol. The number of ether oxygens (including phenoxy) is 1. The maximum Gasteiger partial charge on any atom is 0.263 e. The highest BCUT2D eigenvalue weighted by molar-refractivity contribution is 6.24. The summed E-state index contributed by atoms with van der Waals surface area (Å²) in [6.45, 7) is 1.41. The molecule has 2 aliphatic rings. The summed E-state index contributed by atoms with van der Waals surface area (Å²) >= 11 is 0. The van der Waals surface area contributed by atoms with Gasteiger partial charge >= 0.3 is 0 Å². The first kappa shape index (κ1) is 43.6. The zero-order valence-electron chi connectivity index (χ0n) is 34.6. The van der Waals surface area contributed by atoms with E-state index in [0.717, 1.165) is 30.6 Å². The molecule has 0 aliphatic carbocycles. The summed E-state index contributed by atoms with van der Waals surface area (Å²) in [7, 11) is 1.69. The average Bonchev–Trinajstić information content (AvgIpc) is 3.94. The second-order valence-corrected chi connectivity index (χ2v) is 15.3. The summed E-state index contributed by atoms with van der Waals surface area (Å²) < 4.78 is 24.8. The van der Waals surface area contributed by atoms with Gasteiger partial charge in [0, 0.05) is 62.0 Å². The van der Waals surface area contributed by atoms with Crippen molar-refractivity contribution in [2.45, 2.75) is 70.9 Å². The molecule has 1 fully saturated rings. The number of imide groups is 2. The van der Waals surface area contributed by atoms with Crippen molar-refractivity contribution >= 4 is 52.4 Å². The Balaban J connectivity index is 0.857. The van der Waals surface area contributed by atoms with Crippen molar-refractivity contribution < 1.29 is 47.8 Å². The van der Waals surface area contributed by atoms with Gasteiger partial charge in [-0.3, -0.25) is 48.5 Å². The summed E-state index contributed by atoms with van der Waals surface area (Å²) in [6.07, 6.45) is 9.00. The quantitative estimate of drug-likeness (QED) is 0.0465. The van der Waals surface area contributed by atoms with Crippen molar-refractivity contribution in [1.29, 1.82) is 0 Å². The van der Waals surface area contributed by atoms with Gasteiger partial charge in [0.05, 0.1) is 59.5 Å². The van der Waals surface area contributed by atoms with E-state index in [0.29, 0.717) is 47.4 Å². The van der Waals surface area contributed by atoms with Crippen molar-refractivity contribution in [3.8, 4) is 28.7 Å². The van der Waals surface area contributed by atoms with E-state index in [1.165, 1.54) is 42.1 Å². The number of hydrogen-bond donors (Lipinski definition) is 4. The summed E-state index contributed by atoms with van der Waals surface area (Å²) in [5, 5.41) is 21.5. The number of amides is 6. The number of pyridine rings is 1. The maximum absolute atomic E-state index is 15.7. The van der Waals surface area contributed by atoms with Crippen LogP contribution in [-0.4, -0.2) is 84.6 Å². The van der Waals surface area contributed by atoms with Crippen LogP contribution in [0.15, 0.2) is 67.1 Å². The van der Waals surface area contributed by atoms with Crippen LogP contribution in [0.5, 0.6) is 5.75 Å². The molecule has 324 valence electrons. The molecule has 4 N–H and O–H groups in total. The summed E-state index contributed by atoms with van der Waals surface area (Å²) in [5.41, 5.74) is 2.18. The number of anilines is 1. The van der Waals surface area contributed by atoms with E-state index >= 15 is 4.39 Å². The first-order valence-electron chi connectivity index (χ1n) is 20.5. The van der Waals surface area contributed by atoms with E-state index in [4.69, 9.17) is 4.74 Å². The number of aliphatic hydroxyl groups is 1. The number of hydrogen-bond acceptors (Lipinski definition) is 10. The van der Waals surface area contributed by atoms with Crippen LogP contribution in [0.1, 0.15) is 111 Å². The molecule has 0 saturated carbocycles. The van der Waals surface area contributed by atoms with E-state index in [9.17, 15) is 38.7 Å². The van der Waals surface area contributed by atoms with E-state index in [1.54, 1.807) is 48.1 Å². The van der Waals surface area contributed by atoms with Crippen LogP contribution in [0.25, 0.3) is 16.6 Å². The van der Waals surface area contributed by atoms with Crippen LogP contribution in [0, 0.1) is 17.7 Å². The molecule has 5 aromatic rings. The third-order valence-corrected chi connectivity index (χ3v) is 10.8. The Morgan fingerprint density at radius 3 is 2.54 bits per heavy atom. The number of aliphatic hydroxyl groups excluding tert-OH is 1. The molecule has 2 aromatic carbocycles. The summed E-state index contributed by atoms with van der Waals surface area (Å²) in [4.78, 5) is 89.7. The number of carbonyl (C=O) groups excluding carboxylic acids is 7. The van der Waals surface area contributed by atoms with Crippen molar-refractivity contribution in [1.82, 2.24) is 29.7 Å². The third-order valence-electron chi connectivity index (χ3n) is 10.8. The number of rotatable bonds is 16. The highest BCUT2D eigenvalue weighted by Crippen LogP contribution is 2.32. The van der Waals surface area contributed by atoms with Gasteiger partial charge in [0.1, 0.15) is 11.8 Å². The predicted molar refractivity (Wildman–Crippen MR) is 226 cm³/mol. The van der Waals surface area contributed by atoms with E-state index < -0.39 is 41.4 Å². The Labute approximate surface area is 360 Å². The number of carbonyl (C=O) groups is 7. The normalized spacial score (nSPS) is 14.6. The molecule has 17 heteroatoms. The molecule has 0 radical (unpaired) electrons. The molecule has 16 nitrogen and oxygen atoms in total. The van der Waals surface area contributed by atoms with E-state index in [-0.39, 0.29) is 71.3 Å². The van der Waals surface area contributed by atoms with Gasteiger partial charge in [0.15, 0.2) is 11.6 Å². The lowest BCUT2D eigenvalue weighted by atomic mass is 10.0. The first-order valence-corrected chi connectivity index (χ1v) is 20.5. The lowest BCUT2D eigenvalue weighted by molar-refractivity contribution is -0.136. The van der Waals surface area contributed by atoms with E-state index in [2.05, 4.69) is 32.9 Å². The number of ketones is 1. The molecule has 0 spiro atoms. The fourth-order valence-corrected chi connectivity index (χ4v) is 7.65. The minimum Gasteiger partial charge on any atom is -0.493 e. The fourth-order valence-electron chi connectivity index (χ4n) is 7.65. The Bertz CT molecular complexity index is 2740. The fraction of sp³-hybridized carbons (Fsp3) is 0.304. The van der Waals surface area contributed by atoms with Crippen molar-refractivity contribution in [3.05, 3.63) is 106 Å².